The lowest BCUT2D eigenvalue weighted by Crippen LogP contribution is -2.28. The zero-order valence-electron chi connectivity index (χ0n) is 13.5. The van der Waals surface area contributed by atoms with Gasteiger partial charge in [0.05, 0.1) is 24.8 Å². The van der Waals surface area contributed by atoms with Crippen LogP contribution in [-0.4, -0.2) is 25.4 Å². The van der Waals surface area contributed by atoms with Gasteiger partial charge in [-0.3, -0.25) is 9.59 Å². The average Bonchev–Trinajstić information content (AvgIpc) is 2.90. The number of hydrogen-bond acceptors (Lipinski definition) is 5. The highest BCUT2D eigenvalue weighted by Crippen LogP contribution is 2.40. The number of nitrogens with zero attached hydrogens (tertiary/aromatic N) is 1. The van der Waals surface area contributed by atoms with Crippen LogP contribution in [0.4, 0.5) is 14.9 Å². The summed E-state index contributed by atoms with van der Waals surface area (Å²) in [5, 5.41) is -0.429. The van der Waals surface area contributed by atoms with E-state index in [9.17, 15) is 14.0 Å². The standard InChI is InChI=1S/C18H14FNO4S/c1-23-13-7-8-14(15(10-13)24-2)20-17(21)16(25-18(20)22)9-11-3-5-12(19)6-4-11/h3-10H,1-2H3/b16-9-. The van der Waals surface area contributed by atoms with Gasteiger partial charge in [0.25, 0.3) is 11.1 Å². The fraction of sp³-hybridized carbons (Fsp3) is 0.111. The van der Waals surface area contributed by atoms with Gasteiger partial charge < -0.3 is 9.47 Å². The molecule has 7 heteroatoms. The van der Waals surface area contributed by atoms with Crippen LogP contribution < -0.4 is 14.4 Å². The second-order valence-electron chi connectivity index (χ2n) is 5.11. The van der Waals surface area contributed by atoms with Crippen molar-refractivity contribution in [2.24, 2.45) is 0 Å². The molecule has 1 saturated heterocycles. The molecule has 0 atom stereocenters. The molecule has 0 aliphatic carbocycles. The molecule has 2 aromatic rings. The minimum Gasteiger partial charge on any atom is -0.497 e. The van der Waals surface area contributed by atoms with Crippen LogP contribution in [0.2, 0.25) is 0 Å². The van der Waals surface area contributed by atoms with Crippen LogP contribution in [0.25, 0.3) is 6.08 Å². The lowest BCUT2D eigenvalue weighted by atomic mass is 10.2. The predicted octanol–water partition coefficient (Wildman–Crippen LogP) is 4.08. The van der Waals surface area contributed by atoms with Crippen molar-refractivity contribution in [2.75, 3.05) is 19.1 Å². The number of carbonyl (C=O) groups is 2. The number of rotatable bonds is 4. The Morgan fingerprint density at radius 2 is 1.76 bits per heavy atom. The van der Waals surface area contributed by atoms with Gasteiger partial charge >= 0.3 is 0 Å². The number of imide groups is 1. The van der Waals surface area contributed by atoms with E-state index >= 15 is 0 Å². The second-order valence-corrected chi connectivity index (χ2v) is 6.10. The van der Waals surface area contributed by atoms with Crippen molar-refractivity contribution < 1.29 is 23.5 Å². The third-order valence-corrected chi connectivity index (χ3v) is 4.46. The van der Waals surface area contributed by atoms with E-state index in [-0.39, 0.29) is 10.7 Å². The molecule has 0 bridgehead atoms. The van der Waals surface area contributed by atoms with E-state index in [1.807, 2.05) is 0 Å². The summed E-state index contributed by atoms with van der Waals surface area (Å²) >= 11 is 0.823. The number of carbonyl (C=O) groups excluding carboxylic acids is 2. The summed E-state index contributed by atoms with van der Waals surface area (Å²) in [7, 11) is 2.96. The van der Waals surface area contributed by atoms with Crippen molar-refractivity contribution in [3.05, 3.63) is 58.8 Å². The van der Waals surface area contributed by atoms with Crippen molar-refractivity contribution in [1.29, 1.82) is 0 Å². The molecule has 3 rings (SSSR count). The van der Waals surface area contributed by atoms with E-state index in [0.29, 0.717) is 22.7 Å². The number of amides is 2. The summed E-state index contributed by atoms with van der Waals surface area (Å²) in [5.74, 6) is 0.0788. The van der Waals surface area contributed by atoms with Gasteiger partial charge in [0.1, 0.15) is 17.3 Å². The Bertz CT molecular complexity index is 864. The monoisotopic (exact) mass is 359 g/mol. The normalized spacial score (nSPS) is 15.8. The van der Waals surface area contributed by atoms with Gasteiger partial charge in [0, 0.05) is 6.07 Å². The molecule has 2 aromatic carbocycles. The van der Waals surface area contributed by atoms with E-state index in [1.165, 1.54) is 38.5 Å². The zero-order chi connectivity index (χ0) is 18.0. The van der Waals surface area contributed by atoms with Crippen LogP contribution in [-0.2, 0) is 4.79 Å². The molecule has 25 heavy (non-hydrogen) atoms. The van der Waals surface area contributed by atoms with Gasteiger partial charge in [-0.15, -0.1) is 0 Å². The van der Waals surface area contributed by atoms with E-state index < -0.39 is 11.1 Å². The van der Waals surface area contributed by atoms with Crippen LogP contribution in [0.5, 0.6) is 11.5 Å². The molecule has 0 N–H and O–H groups in total. The number of anilines is 1. The van der Waals surface area contributed by atoms with Crippen LogP contribution >= 0.6 is 11.8 Å². The fourth-order valence-corrected chi connectivity index (χ4v) is 3.19. The maximum atomic E-state index is 13.0. The van der Waals surface area contributed by atoms with Gasteiger partial charge in [0.15, 0.2) is 0 Å². The molecular formula is C18H14FNO4S. The Morgan fingerprint density at radius 3 is 2.40 bits per heavy atom. The highest BCUT2D eigenvalue weighted by molar-refractivity contribution is 8.19. The molecule has 1 aliphatic rings. The van der Waals surface area contributed by atoms with Crippen molar-refractivity contribution in [2.45, 2.75) is 0 Å². The second kappa shape index (κ2) is 6.98. The number of halogens is 1. The molecule has 1 fully saturated rings. The summed E-state index contributed by atoms with van der Waals surface area (Å²) in [4.78, 5) is 26.3. The summed E-state index contributed by atoms with van der Waals surface area (Å²) in [6, 6.07) is 10.5. The third-order valence-electron chi connectivity index (χ3n) is 3.59. The molecule has 1 heterocycles. The first-order valence-corrected chi connectivity index (χ1v) is 8.10. The summed E-state index contributed by atoms with van der Waals surface area (Å²) < 4.78 is 23.4. The topological polar surface area (TPSA) is 55.8 Å². The number of ether oxygens (including phenoxy) is 2. The third kappa shape index (κ3) is 3.36. The van der Waals surface area contributed by atoms with Gasteiger partial charge in [0.2, 0.25) is 0 Å². The Morgan fingerprint density at radius 1 is 1.04 bits per heavy atom. The Labute approximate surface area is 148 Å². The maximum Gasteiger partial charge on any atom is 0.298 e. The van der Waals surface area contributed by atoms with E-state index in [1.54, 1.807) is 24.3 Å². The van der Waals surface area contributed by atoms with E-state index in [2.05, 4.69) is 0 Å². The first-order valence-electron chi connectivity index (χ1n) is 7.29. The molecule has 5 nitrogen and oxygen atoms in total. The van der Waals surface area contributed by atoms with Crippen molar-refractivity contribution >= 4 is 34.7 Å². The van der Waals surface area contributed by atoms with E-state index in [4.69, 9.17) is 9.47 Å². The van der Waals surface area contributed by atoms with Gasteiger partial charge in [-0.25, -0.2) is 9.29 Å². The van der Waals surface area contributed by atoms with Gasteiger partial charge in [-0.1, -0.05) is 12.1 Å². The first-order chi connectivity index (χ1) is 12.0. The lowest BCUT2D eigenvalue weighted by Gasteiger charge is -2.16. The van der Waals surface area contributed by atoms with Crippen LogP contribution in [0.15, 0.2) is 47.4 Å². The molecule has 0 saturated carbocycles. The average molecular weight is 359 g/mol. The van der Waals surface area contributed by atoms with Crippen LogP contribution in [0.3, 0.4) is 0 Å². The maximum absolute atomic E-state index is 13.0. The molecular weight excluding hydrogens is 345 g/mol. The number of benzene rings is 2. The zero-order valence-corrected chi connectivity index (χ0v) is 14.3. The quantitative estimate of drug-likeness (QED) is 0.770. The predicted molar refractivity (Wildman–Crippen MR) is 94.4 cm³/mol. The highest BCUT2D eigenvalue weighted by atomic mass is 32.2. The molecule has 2 amide bonds. The molecule has 0 radical (unpaired) electrons. The molecule has 128 valence electrons. The first kappa shape index (κ1) is 17.0. The highest BCUT2D eigenvalue weighted by Gasteiger charge is 2.37. The van der Waals surface area contributed by atoms with Crippen molar-refractivity contribution in [3.8, 4) is 11.5 Å². The van der Waals surface area contributed by atoms with Crippen molar-refractivity contribution in [1.82, 2.24) is 0 Å². The molecule has 0 aromatic heterocycles. The Balaban J connectivity index is 1.95. The lowest BCUT2D eigenvalue weighted by molar-refractivity contribution is -0.113. The van der Waals surface area contributed by atoms with Gasteiger partial charge in [-0.05, 0) is 47.7 Å². The molecule has 1 aliphatic heterocycles. The smallest absolute Gasteiger partial charge is 0.298 e. The SMILES string of the molecule is COc1ccc(N2C(=O)S/C(=C\c3ccc(F)cc3)C2=O)c(OC)c1. The number of methoxy groups -OCH3 is 2. The van der Waals surface area contributed by atoms with Crippen LogP contribution in [0.1, 0.15) is 5.56 Å². The summed E-state index contributed by atoms with van der Waals surface area (Å²) in [5.41, 5.74) is 0.974. The largest absolute Gasteiger partial charge is 0.497 e. The molecule has 0 unspecified atom stereocenters. The molecule has 0 spiro atoms. The number of hydrogen-bond donors (Lipinski definition) is 0. The Kier molecular flexibility index (Phi) is 4.76. The van der Waals surface area contributed by atoms with Crippen molar-refractivity contribution in [3.63, 3.8) is 0 Å². The minimum absolute atomic E-state index is 0.259. The van der Waals surface area contributed by atoms with E-state index in [0.717, 1.165) is 16.7 Å². The summed E-state index contributed by atoms with van der Waals surface area (Å²) in [6.45, 7) is 0. The fourth-order valence-electron chi connectivity index (χ4n) is 2.36. The summed E-state index contributed by atoms with van der Waals surface area (Å²) in [6.07, 6.45) is 1.56. The number of thioether (sulfide) groups is 1. The van der Waals surface area contributed by atoms with Crippen LogP contribution in [0, 0.1) is 5.82 Å². The minimum atomic E-state index is -0.456. The Hall–Kier alpha value is -2.80. The van der Waals surface area contributed by atoms with Gasteiger partial charge in [-0.2, -0.15) is 0 Å².